The molecule has 0 atom stereocenters. The molecule has 0 bridgehead atoms. The standard InChI is InChI=1S/C19H23N3O3/c1-12-6-5-7-16(13(12)2)22-19(24)11-20-17-10-15(21-14(3)23)8-9-18(17)25-4/h5-10,20H,11H2,1-4H3,(H,21,23)(H,22,24). The van der Waals surface area contributed by atoms with Crippen molar-refractivity contribution in [2.24, 2.45) is 0 Å². The van der Waals surface area contributed by atoms with Crippen LogP contribution >= 0.6 is 0 Å². The van der Waals surface area contributed by atoms with Crippen molar-refractivity contribution < 1.29 is 14.3 Å². The SMILES string of the molecule is COc1ccc(NC(C)=O)cc1NCC(=O)Nc1cccc(C)c1C. The molecular formula is C19H23N3O3. The highest BCUT2D eigenvalue weighted by Crippen LogP contribution is 2.27. The van der Waals surface area contributed by atoms with Crippen LogP contribution in [0.15, 0.2) is 36.4 Å². The second kappa shape index (κ2) is 8.19. The molecular weight excluding hydrogens is 318 g/mol. The number of carbonyl (C=O) groups excluding carboxylic acids is 2. The summed E-state index contributed by atoms with van der Waals surface area (Å²) in [5.74, 6) is 0.262. The Kier molecular flexibility index (Phi) is 6.00. The highest BCUT2D eigenvalue weighted by atomic mass is 16.5. The molecule has 25 heavy (non-hydrogen) atoms. The minimum atomic E-state index is -0.166. The largest absolute Gasteiger partial charge is 0.495 e. The summed E-state index contributed by atoms with van der Waals surface area (Å²) in [6.07, 6.45) is 0. The third kappa shape index (κ3) is 4.97. The van der Waals surface area contributed by atoms with Gasteiger partial charge in [-0.25, -0.2) is 0 Å². The molecule has 0 saturated carbocycles. The maximum Gasteiger partial charge on any atom is 0.243 e. The molecule has 0 aliphatic carbocycles. The van der Waals surface area contributed by atoms with E-state index in [1.807, 2.05) is 32.0 Å². The summed E-state index contributed by atoms with van der Waals surface area (Å²) in [6, 6.07) is 11.0. The van der Waals surface area contributed by atoms with Crippen LogP contribution in [0.5, 0.6) is 5.75 Å². The number of nitrogens with one attached hydrogen (secondary N) is 3. The van der Waals surface area contributed by atoms with Crippen LogP contribution in [0.2, 0.25) is 0 Å². The highest BCUT2D eigenvalue weighted by Gasteiger charge is 2.09. The van der Waals surface area contributed by atoms with E-state index in [9.17, 15) is 9.59 Å². The van der Waals surface area contributed by atoms with Crippen molar-refractivity contribution in [2.75, 3.05) is 29.6 Å². The van der Waals surface area contributed by atoms with Crippen molar-refractivity contribution >= 4 is 28.9 Å². The van der Waals surface area contributed by atoms with E-state index in [-0.39, 0.29) is 18.4 Å². The minimum Gasteiger partial charge on any atom is -0.495 e. The van der Waals surface area contributed by atoms with Crippen LogP contribution in [-0.4, -0.2) is 25.5 Å². The number of ether oxygens (including phenoxy) is 1. The van der Waals surface area contributed by atoms with Crippen molar-refractivity contribution in [1.29, 1.82) is 0 Å². The van der Waals surface area contributed by atoms with Gasteiger partial charge < -0.3 is 20.7 Å². The van der Waals surface area contributed by atoms with Crippen molar-refractivity contribution in [3.05, 3.63) is 47.5 Å². The number of carbonyl (C=O) groups is 2. The zero-order chi connectivity index (χ0) is 18.4. The average Bonchev–Trinajstić information content (AvgIpc) is 2.57. The van der Waals surface area contributed by atoms with Crippen LogP contribution in [0.25, 0.3) is 0 Å². The number of anilines is 3. The Morgan fingerprint density at radius 3 is 2.48 bits per heavy atom. The lowest BCUT2D eigenvalue weighted by Gasteiger charge is -2.14. The number of rotatable bonds is 6. The topological polar surface area (TPSA) is 79.5 Å². The monoisotopic (exact) mass is 341 g/mol. The van der Waals surface area contributed by atoms with Crippen LogP contribution in [0.3, 0.4) is 0 Å². The molecule has 6 heteroatoms. The number of hydrogen-bond acceptors (Lipinski definition) is 4. The normalized spacial score (nSPS) is 10.1. The van der Waals surface area contributed by atoms with Gasteiger partial charge >= 0.3 is 0 Å². The van der Waals surface area contributed by atoms with Gasteiger partial charge in [-0.05, 0) is 49.2 Å². The molecule has 2 aromatic carbocycles. The Balaban J connectivity index is 2.05. The summed E-state index contributed by atoms with van der Waals surface area (Å²) in [4.78, 5) is 23.4. The third-order valence-corrected chi connectivity index (χ3v) is 3.84. The lowest BCUT2D eigenvalue weighted by atomic mass is 10.1. The number of methoxy groups -OCH3 is 1. The average molecular weight is 341 g/mol. The Hall–Kier alpha value is -3.02. The first kappa shape index (κ1) is 18.3. The van der Waals surface area contributed by atoms with Crippen molar-refractivity contribution in [3.63, 3.8) is 0 Å². The lowest BCUT2D eigenvalue weighted by molar-refractivity contribution is -0.115. The molecule has 2 amide bonds. The van der Waals surface area contributed by atoms with Crippen LogP contribution in [0, 0.1) is 13.8 Å². The Bertz CT molecular complexity index is 787. The van der Waals surface area contributed by atoms with Gasteiger partial charge in [0.2, 0.25) is 11.8 Å². The molecule has 0 spiro atoms. The fourth-order valence-electron chi connectivity index (χ4n) is 2.38. The van der Waals surface area contributed by atoms with Gasteiger partial charge in [-0.2, -0.15) is 0 Å². The fourth-order valence-corrected chi connectivity index (χ4v) is 2.38. The van der Waals surface area contributed by atoms with E-state index in [4.69, 9.17) is 4.74 Å². The van der Waals surface area contributed by atoms with Gasteiger partial charge in [-0.1, -0.05) is 12.1 Å². The Morgan fingerprint density at radius 1 is 1.04 bits per heavy atom. The molecule has 0 saturated heterocycles. The fraction of sp³-hybridized carbons (Fsp3) is 0.263. The third-order valence-electron chi connectivity index (χ3n) is 3.84. The summed E-state index contributed by atoms with van der Waals surface area (Å²) in [5.41, 5.74) is 4.22. The molecule has 3 N–H and O–H groups in total. The summed E-state index contributed by atoms with van der Waals surface area (Å²) in [5, 5.41) is 8.64. The van der Waals surface area contributed by atoms with Crippen LogP contribution in [0.1, 0.15) is 18.1 Å². The van der Waals surface area contributed by atoms with Gasteiger partial charge in [-0.3, -0.25) is 9.59 Å². The van der Waals surface area contributed by atoms with Gasteiger partial charge in [0, 0.05) is 18.3 Å². The first-order valence-corrected chi connectivity index (χ1v) is 7.96. The summed E-state index contributed by atoms with van der Waals surface area (Å²) < 4.78 is 5.28. The van der Waals surface area contributed by atoms with E-state index in [0.29, 0.717) is 17.1 Å². The number of benzene rings is 2. The van der Waals surface area contributed by atoms with Gasteiger partial charge in [0.05, 0.1) is 19.3 Å². The van der Waals surface area contributed by atoms with Crippen molar-refractivity contribution in [3.8, 4) is 5.75 Å². The molecule has 0 aliphatic heterocycles. The quantitative estimate of drug-likeness (QED) is 0.753. The molecule has 2 aromatic rings. The summed E-state index contributed by atoms with van der Waals surface area (Å²) in [7, 11) is 1.55. The van der Waals surface area contributed by atoms with E-state index < -0.39 is 0 Å². The molecule has 0 aromatic heterocycles. The van der Waals surface area contributed by atoms with Gasteiger partial charge in [-0.15, -0.1) is 0 Å². The van der Waals surface area contributed by atoms with Crippen LogP contribution in [-0.2, 0) is 9.59 Å². The molecule has 6 nitrogen and oxygen atoms in total. The zero-order valence-corrected chi connectivity index (χ0v) is 14.9. The van der Waals surface area contributed by atoms with E-state index in [1.165, 1.54) is 6.92 Å². The minimum absolute atomic E-state index is 0.0767. The van der Waals surface area contributed by atoms with E-state index in [0.717, 1.165) is 16.8 Å². The van der Waals surface area contributed by atoms with Crippen molar-refractivity contribution in [1.82, 2.24) is 0 Å². The molecule has 0 fully saturated rings. The van der Waals surface area contributed by atoms with E-state index in [2.05, 4.69) is 16.0 Å². The van der Waals surface area contributed by atoms with Crippen LogP contribution in [0.4, 0.5) is 17.1 Å². The lowest BCUT2D eigenvalue weighted by Crippen LogP contribution is -2.22. The first-order chi connectivity index (χ1) is 11.9. The second-order valence-corrected chi connectivity index (χ2v) is 5.75. The first-order valence-electron chi connectivity index (χ1n) is 7.96. The van der Waals surface area contributed by atoms with Crippen LogP contribution < -0.4 is 20.7 Å². The molecule has 0 heterocycles. The molecule has 0 aliphatic rings. The number of aryl methyl sites for hydroxylation is 1. The Morgan fingerprint density at radius 2 is 1.80 bits per heavy atom. The summed E-state index contributed by atoms with van der Waals surface area (Å²) >= 11 is 0. The maximum atomic E-state index is 12.2. The second-order valence-electron chi connectivity index (χ2n) is 5.75. The van der Waals surface area contributed by atoms with Crippen molar-refractivity contribution in [2.45, 2.75) is 20.8 Å². The van der Waals surface area contributed by atoms with E-state index >= 15 is 0 Å². The molecule has 132 valence electrons. The zero-order valence-electron chi connectivity index (χ0n) is 14.9. The molecule has 0 unspecified atom stereocenters. The van der Waals surface area contributed by atoms with Gasteiger partial charge in [0.1, 0.15) is 5.75 Å². The maximum absolute atomic E-state index is 12.2. The molecule has 0 radical (unpaired) electrons. The van der Waals surface area contributed by atoms with Gasteiger partial charge in [0.25, 0.3) is 0 Å². The number of amides is 2. The van der Waals surface area contributed by atoms with E-state index in [1.54, 1.807) is 25.3 Å². The van der Waals surface area contributed by atoms with Gasteiger partial charge in [0.15, 0.2) is 0 Å². The number of hydrogen-bond donors (Lipinski definition) is 3. The predicted octanol–water partition coefficient (Wildman–Crippen LogP) is 3.32. The molecule has 2 rings (SSSR count). The summed E-state index contributed by atoms with van der Waals surface area (Å²) in [6.45, 7) is 5.49. The highest BCUT2D eigenvalue weighted by molar-refractivity contribution is 5.95. The smallest absolute Gasteiger partial charge is 0.243 e. The Labute approximate surface area is 147 Å². The predicted molar refractivity (Wildman–Crippen MR) is 100 cm³/mol.